The number of fused-ring (bicyclic) bond motifs is 1. The van der Waals surface area contributed by atoms with Gasteiger partial charge in [0.05, 0.1) is 22.9 Å². The first kappa shape index (κ1) is 17.7. The molecule has 0 atom stereocenters. The molecule has 2 aliphatic rings. The van der Waals surface area contributed by atoms with Crippen molar-refractivity contribution in [3.05, 3.63) is 58.0 Å². The second-order valence-corrected chi connectivity index (χ2v) is 7.39. The number of halogens is 1. The van der Waals surface area contributed by atoms with Crippen molar-refractivity contribution in [1.29, 1.82) is 0 Å². The van der Waals surface area contributed by atoms with Crippen molar-refractivity contribution < 1.29 is 9.18 Å². The van der Waals surface area contributed by atoms with E-state index in [1.807, 2.05) is 29.2 Å². The fourth-order valence-corrected chi connectivity index (χ4v) is 3.58. The van der Waals surface area contributed by atoms with Gasteiger partial charge >= 0.3 is 0 Å². The summed E-state index contributed by atoms with van der Waals surface area (Å²) in [7, 11) is 0. The van der Waals surface area contributed by atoms with Crippen molar-refractivity contribution in [3.8, 4) is 0 Å². The number of para-hydroxylation sites is 2. The normalized spacial score (nSPS) is 17.0. The van der Waals surface area contributed by atoms with E-state index in [1.165, 1.54) is 6.20 Å². The van der Waals surface area contributed by atoms with Gasteiger partial charge in [0.25, 0.3) is 11.5 Å². The number of amides is 1. The zero-order valence-corrected chi connectivity index (χ0v) is 15.6. The third-order valence-corrected chi connectivity index (χ3v) is 5.37. The van der Waals surface area contributed by atoms with E-state index in [9.17, 15) is 14.0 Å². The molecule has 1 aliphatic heterocycles. The van der Waals surface area contributed by atoms with Crippen molar-refractivity contribution in [2.75, 3.05) is 31.1 Å². The van der Waals surface area contributed by atoms with Crippen LogP contribution in [-0.4, -0.2) is 56.9 Å². The number of aromatic nitrogens is 4. The van der Waals surface area contributed by atoms with E-state index in [-0.39, 0.29) is 17.5 Å². The number of carbonyl (C=O) groups is 1. The molecule has 1 N–H and O–H groups in total. The highest BCUT2D eigenvalue weighted by atomic mass is 19.1. The van der Waals surface area contributed by atoms with E-state index in [2.05, 4.69) is 19.9 Å². The minimum atomic E-state index is -0.778. The lowest BCUT2D eigenvalue weighted by molar-refractivity contribution is 0.0740. The average Bonchev–Trinajstić information content (AvgIpc) is 3.60. The molecule has 2 fully saturated rings. The summed E-state index contributed by atoms with van der Waals surface area (Å²) in [6, 6.07) is 7.41. The van der Waals surface area contributed by atoms with Crippen LogP contribution in [0.4, 0.5) is 10.3 Å². The van der Waals surface area contributed by atoms with E-state index in [4.69, 9.17) is 0 Å². The van der Waals surface area contributed by atoms with Gasteiger partial charge in [-0.25, -0.2) is 9.97 Å². The summed E-state index contributed by atoms with van der Waals surface area (Å²) in [5.74, 6) is -0.539. The number of hydrogen-bond acceptors (Lipinski definition) is 6. The van der Waals surface area contributed by atoms with Crippen LogP contribution < -0.4 is 10.5 Å². The van der Waals surface area contributed by atoms with Crippen LogP contribution in [0.2, 0.25) is 0 Å². The number of hydrogen-bond donors (Lipinski definition) is 1. The third-order valence-electron chi connectivity index (χ3n) is 5.37. The van der Waals surface area contributed by atoms with Crippen LogP contribution in [0.25, 0.3) is 11.0 Å². The van der Waals surface area contributed by atoms with Crippen LogP contribution in [0, 0.1) is 5.82 Å². The Morgan fingerprint density at radius 3 is 2.52 bits per heavy atom. The monoisotopic (exact) mass is 394 g/mol. The molecule has 0 unspecified atom stereocenters. The molecule has 1 saturated carbocycles. The lowest BCUT2D eigenvalue weighted by atomic mass is 10.2. The number of nitrogens with one attached hydrogen (secondary N) is 1. The molecule has 3 aromatic rings. The van der Waals surface area contributed by atoms with Gasteiger partial charge in [-0.2, -0.15) is 4.39 Å². The Bertz CT molecular complexity index is 1150. The van der Waals surface area contributed by atoms with E-state index in [0.717, 1.165) is 18.4 Å². The number of H-pyrrole nitrogens is 1. The number of rotatable bonds is 3. The Morgan fingerprint density at radius 1 is 1.07 bits per heavy atom. The van der Waals surface area contributed by atoms with E-state index < -0.39 is 11.4 Å². The quantitative estimate of drug-likeness (QED) is 0.727. The average molecular weight is 394 g/mol. The van der Waals surface area contributed by atoms with Crippen LogP contribution in [0.5, 0.6) is 0 Å². The standard InChI is InChI=1S/C20H19FN6O2/c21-16-17(12-5-6-12)24-20(25-18(16)28)27-9-7-26(8-10-27)19(29)15-11-22-13-3-1-2-4-14(13)23-15/h1-4,11-12H,5-10H2,(H,24,25,28). The van der Waals surface area contributed by atoms with Crippen LogP contribution in [0.3, 0.4) is 0 Å². The third kappa shape index (κ3) is 3.32. The number of nitrogens with zero attached hydrogens (tertiary/aromatic N) is 5. The molecule has 148 valence electrons. The molecule has 0 spiro atoms. The second-order valence-electron chi connectivity index (χ2n) is 7.39. The predicted octanol–water partition coefficient (Wildman–Crippen LogP) is 1.69. The Morgan fingerprint density at radius 2 is 1.79 bits per heavy atom. The number of piperazine rings is 1. The Hall–Kier alpha value is -3.36. The lowest BCUT2D eigenvalue weighted by Crippen LogP contribution is -2.49. The molecule has 1 aliphatic carbocycles. The SMILES string of the molecule is O=C(c1cnc2ccccc2n1)N1CCN(c2nc(C3CC3)c(F)c(=O)[nH]2)CC1. The molecule has 5 rings (SSSR count). The van der Waals surface area contributed by atoms with E-state index >= 15 is 0 Å². The van der Waals surface area contributed by atoms with Crippen LogP contribution in [-0.2, 0) is 0 Å². The summed E-state index contributed by atoms with van der Waals surface area (Å²) >= 11 is 0. The van der Waals surface area contributed by atoms with Gasteiger partial charge in [0.2, 0.25) is 11.8 Å². The van der Waals surface area contributed by atoms with Gasteiger partial charge in [0.15, 0.2) is 0 Å². The van der Waals surface area contributed by atoms with Gasteiger partial charge in [0, 0.05) is 32.1 Å². The van der Waals surface area contributed by atoms with Crippen molar-refractivity contribution in [1.82, 2.24) is 24.8 Å². The summed E-state index contributed by atoms with van der Waals surface area (Å²) in [4.78, 5) is 43.9. The minimum Gasteiger partial charge on any atom is -0.339 e. The zero-order chi connectivity index (χ0) is 20.0. The van der Waals surface area contributed by atoms with E-state index in [0.29, 0.717) is 43.3 Å². The molecule has 0 bridgehead atoms. The fraction of sp³-hybridized carbons (Fsp3) is 0.350. The summed E-state index contributed by atoms with van der Waals surface area (Å²) in [5.41, 5.74) is 1.25. The van der Waals surface area contributed by atoms with E-state index in [1.54, 1.807) is 4.90 Å². The molecular weight excluding hydrogens is 375 g/mol. The minimum absolute atomic E-state index is 0.0467. The summed E-state index contributed by atoms with van der Waals surface area (Å²) < 4.78 is 14.0. The predicted molar refractivity (Wildman–Crippen MR) is 104 cm³/mol. The molecule has 3 heterocycles. The lowest BCUT2D eigenvalue weighted by Gasteiger charge is -2.34. The Balaban J connectivity index is 1.31. The van der Waals surface area contributed by atoms with Crippen LogP contribution >= 0.6 is 0 Å². The number of carbonyl (C=O) groups excluding carboxylic acids is 1. The Kier molecular flexibility index (Phi) is 4.22. The highest BCUT2D eigenvalue weighted by Crippen LogP contribution is 2.39. The van der Waals surface area contributed by atoms with Gasteiger partial charge in [0.1, 0.15) is 5.69 Å². The molecule has 1 amide bonds. The highest BCUT2D eigenvalue weighted by Gasteiger charge is 2.31. The first-order chi connectivity index (χ1) is 14.1. The van der Waals surface area contributed by atoms with Crippen molar-refractivity contribution >= 4 is 22.9 Å². The second kappa shape index (κ2) is 6.91. The molecule has 0 radical (unpaired) electrons. The molecular formula is C20H19FN6O2. The highest BCUT2D eigenvalue weighted by molar-refractivity contribution is 5.94. The molecule has 29 heavy (non-hydrogen) atoms. The van der Waals surface area contributed by atoms with Crippen molar-refractivity contribution in [2.24, 2.45) is 0 Å². The maximum Gasteiger partial charge on any atom is 0.288 e. The van der Waals surface area contributed by atoms with Gasteiger partial charge in [-0.05, 0) is 25.0 Å². The maximum absolute atomic E-state index is 14.0. The molecule has 1 saturated heterocycles. The molecule has 2 aromatic heterocycles. The van der Waals surface area contributed by atoms with Crippen molar-refractivity contribution in [3.63, 3.8) is 0 Å². The molecule has 8 nitrogen and oxygen atoms in total. The largest absolute Gasteiger partial charge is 0.339 e. The molecule has 9 heteroatoms. The Labute approximate surface area is 165 Å². The topological polar surface area (TPSA) is 95.1 Å². The number of benzene rings is 1. The van der Waals surface area contributed by atoms with Gasteiger partial charge in [-0.15, -0.1) is 0 Å². The summed E-state index contributed by atoms with van der Waals surface area (Å²) in [6.45, 7) is 1.89. The van der Waals surface area contributed by atoms with Gasteiger partial charge in [-0.1, -0.05) is 12.1 Å². The van der Waals surface area contributed by atoms with Crippen LogP contribution in [0.1, 0.15) is 34.9 Å². The fourth-order valence-electron chi connectivity index (χ4n) is 3.58. The summed E-state index contributed by atoms with van der Waals surface area (Å²) in [6.07, 6.45) is 3.22. The number of aromatic amines is 1. The smallest absolute Gasteiger partial charge is 0.288 e. The van der Waals surface area contributed by atoms with Gasteiger partial charge < -0.3 is 9.80 Å². The number of anilines is 1. The molecule has 1 aromatic carbocycles. The maximum atomic E-state index is 14.0. The summed E-state index contributed by atoms with van der Waals surface area (Å²) in [5, 5.41) is 0. The first-order valence-corrected chi connectivity index (χ1v) is 9.66. The first-order valence-electron chi connectivity index (χ1n) is 9.66. The van der Waals surface area contributed by atoms with Gasteiger partial charge in [-0.3, -0.25) is 19.6 Å². The zero-order valence-electron chi connectivity index (χ0n) is 15.6. The van der Waals surface area contributed by atoms with Crippen LogP contribution in [0.15, 0.2) is 35.3 Å². The van der Waals surface area contributed by atoms with Crippen molar-refractivity contribution in [2.45, 2.75) is 18.8 Å².